The number of aliphatic hydroxyl groups excluding tert-OH is 1. The van der Waals surface area contributed by atoms with Gasteiger partial charge >= 0.3 is 0 Å². The van der Waals surface area contributed by atoms with Crippen molar-refractivity contribution in [1.82, 2.24) is 14.8 Å². The summed E-state index contributed by atoms with van der Waals surface area (Å²) >= 11 is 0. The molecule has 3 rings (SSSR count). The lowest BCUT2D eigenvalue weighted by atomic mass is 10.1. The van der Waals surface area contributed by atoms with Crippen molar-refractivity contribution in [2.24, 2.45) is 0 Å². The molecule has 1 unspecified atom stereocenters. The van der Waals surface area contributed by atoms with Gasteiger partial charge in [0.25, 0.3) is 0 Å². The van der Waals surface area contributed by atoms with Crippen LogP contribution < -0.4 is 4.74 Å². The van der Waals surface area contributed by atoms with E-state index in [-0.39, 0.29) is 6.61 Å². The third kappa shape index (κ3) is 5.51. The minimum absolute atomic E-state index is 0.213. The van der Waals surface area contributed by atoms with Crippen molar-refractivity contribution in [2.75, 3.05) is 32.8 Å². The van der Waals surface area contributed by atoms with E-state index in [1.54, 1.807) is 0 Å². The maximum absolute atomic E-state index is 9.57. The lowest BCUT2D eigenvalue weighted by Crippen LogP contribution is -2.52. The smallest absolute Gasteiger partial charge is 0.123 e. The van der Waals surface area contributed by atoms with Crippen LogP contribution in [-0.2, 0) is 13.1 Å². The van der Waals surface area contributed by atoms with Crippen LogP contribution in [0.2, 0.25) is 0 Å². The maximum Gasteiger partial charge on any atom is 0.123 e. The highest BCUT2D eigenvalue weighted by Gasteiger charge is 2.27. The molecule has 1 aromatic carbocycles. The average Bonchev–Trinajstić information content (AvgIpc) is 2.66. The van der Waals surface area contributed by atoms with Crippen LogP contribution in [0.1, 0.15) is 30.3 Å². The van der Waals surface area contributed by atoms with Gasteiger partial charge in [-0.3, -0.25) is 14.8 Å². The predicted molar refractivity (Wildman–Crippen MR) is 108 cm³/mol. The summed E-state index contributed by atoms with van der Waals surface area (Å²) in [5.74, 6) is 0.967. The van der Waals surface area contributed by atoms with Gasteiger partial charge in [-0.2, -0.15) is 0 Å². The van der Waals surface area contributed by atoms with Crippen LogP contribution >= 0.6 is 0 Å². The second-order valence-corrected chi connectivity index (χ2v) is 7.18. The number of pyridine rings is 1. The number of para-hydroxylation sites is 1. The number of aliphatic hydroxyl groups is 1. The molecule has 1 saturated heterocycles. The first-order chi connectivity index (χ1) is 13.2. The fourth-order valence-corrected chi connectivity index (χ4v) is 3.80. The molecule has 0 bridgehead atoms. The van der Waals surface area contributed by atoms with E-state index in [1.165, 1.54) is 5.56 Å². The van der Waals surface area contributed by atoms with Gasteiger partial charge in [0.15, 0.2) is 0 Å². The van der Waals surface area contributed by atoms with Gasteiger partial charge in [0.2, 0.25) is 0 Å². The van der Waals surface area contributed by atoms with Crippen LogP contribution in [0.25, 0.3) is 0 Å². The quantitative estimate of drug-likeness (QED) is 0.775. The standard InChI is InChI=1S/C22H31N3O2/c1-3-27-22-10-5-4-8-19(22)15-25-13-12-24(17-21(25)11-14-26)16-20-9-6-7-18(2)23-20/h4-10,21,26H,3,11-17H2,1-2H3. The molecule has 1 aromatic heterocycles. The second-order valence-electron chi connectivity index (χ2n) is 7.18. The minimum Gasteiger partial charge on any atom is -0.494 e. The number of nitrogens with zero attached hydrogens (tertiary/aromatic N) is 3. The number of hydrogen-bond acceptors (Lipinski definition) is 5. The minimum atomic E-state index is 0.213. The first-order valence-corrected chi connectivity index (χ1v) is 9.90. The van der Waals surface area contributed by atoms with Gasteiger partial charge in [-0.1, -0.05) is 24.3 Å². The van der Waals surface area contributed by atoms with Crippen molar-refractivity contribution in [3.8, 4) is 5.75 Å². The summed E-state index contributed by atoms with van der Waals surface area (Å²) in [7, 11) is 0. The molecule has 0 saturated carbocycles. The fraction of sp³-hybridized carbons (Fsp3) is 0.500. The van der Waals surface area contributed by atoms with Crippen molar-refractivity contribution in [1.29, 1.82) is 0 Å². The maximum atomic E-state index is 9.57. The summed E-state index contributed by atoms with van der Waals surface area (Å²) < 4.78 is 5.79. The van der Waals surface area contributed by atoms with Crippen LogP contribution in [0.4, 0.5) is 0 Å². The van der Waals surface area contributed by atoms with E-state index in [1.807, 2.05) is 32.0 Å². The lowest BCUT2D eigenvalue weighted by molar-refractivity contribution is 0.0488. The molecule has 0 aliphatic carbocycles. The average molecular weight is 370 g/mol. The van der Waals surface area contributed by atoms with Crippen LogP contribution in [0.15, 0.2) is 42.5 Å². The highest BCUT2D eigenvalue weighted by atomic mass is 16.5. The Morgan fingerprint density at radius 3 is 2.74 bits per heavy atom. The Morgan fingerprint density at radius 1 is 1.11 bits per heavy atom. The highest BCUT2D eigenvalue weighted by Crippen LogP contribution is 2.23. The van der Waals surface area contributed by atoms with Crippen LogP contribution in [-0.4, -0.2) is 58.8 Å². The van der Waals surface area contributed by atoms with Crippen LogP contribution in [0, 0.1) is 6.92 Å². The van der Waals surface area contributed by atoms with E-state index in [0.29, 0.717) is 12.6 Å². The SMILES string of the molecule is CCOc1ccccc1CN1CCN(Cc2cccc(C)n2)CC1CCO. The number of aromatic nitrogens is 1. The molecule has 1 aliphatic rings. The topological polar surface area (TPSA) is 48.8 Å². The molecule has 1 atom stereocenters. The van der Waals surface area contributed by atoms with Gasteiger partial charge in [-0.05, 0) is 38.5 Å². The molecule has 0 spiro atoms. The largest absolute Gasteiger partial charge is 0.494 e. The molecule has 5 heteroatoms. The first kappa shape index (κ1) is 19.8. The van der Waals surface area contributed by atoms with Crippen molar-refractivity contribution in [2.45, 2.75) is 39.4 Å². The summed E-state index contributed by atoms with van der Waals surface area (Å²) in [6.45, 7) is 9.61. The number of ether oxygens (including phenoxy) is 1. The molecule has 2 aromatic rings. The van der Waals surface area contributed by atoms with E-state index in [4.69, 9.17) is 4.74 Å². The van der Waals surface area contributed by atoms with E-state index in [0.717, 1.165) is 56.3 Å². The molecule has 146 valence electrons. The zero-order valence-electron chi connectivity index (χ0n) is 16.5. The van der Waals surface area contributed by atoms with E-state index < -0.39 is 0 Å². The lowest BCUT2D eigenvalue weighted by Gasteiger charge is -2.41. The Balaban J connectivity index is 1.66. The molecule has 1 fully saturated rings. The van der Waals surface area contributed by atoms with Crippen molar-refractivity contribution in [3.05, 3.63) is 59.4 Å². The molecule has 2 heterocycles. The Hall–Kier alpha value is -1.95. The van der Waals surface area contributed by atoms with Crippen molar-refractivity contribution >= 4 is 0 Å². The monoisotopic (exact) mass is 369 g/mol. The van der Waals surface area contributed by atoms with Crippen LogP contribution in [0.3, 0.4) is 0 Å². The summed E-state index contributed by atoms with van der Waals surface area (Å²) in [6, 6.07) is 14.8. The predicted octanol–water partition coefficient (Wildman–Crippen LogP) is 2.86. The number of rotatable bonds is 8. The first-order valence-electron chi connectivity index (χ1n) is 9.90. The van der Waals surface area contributed by atoms with E-state index in [2.05, 4.69) is 39.0 Å². The number of piperazine rings is 1. The molecule has 1 aliphatic heterocycles. The summed E-state index contributed by atoms with van der Waals surface area (Å²) in [5.41, 5.74) is 3.40. The Labute approximate surface area is 162 Å². The second kappa shape index (κ2) is 9.83. The van der Waals surface area contributed by atoms with Gasteiger partial charge in [-0.25, -0.2) is 0 Å². The molecule has 1 N–H and O–H groups in total. The summed E-state index contributed by atoms with van der Waals surface area (Å²) in [4.78, 5) is 9.57. The molecule has 0 radical (unpaired) electrons. The number of benzene rings is 1. The fourth-order valence-electron chi connectivity index (χ4n) is 3.80. The Bertz CT molecular complexity index is 722. The van der Waals surface area contributed by atoms with Crippen LogP contribution in [0.5, 0.6) is 5.75 Å². The molecule has 5 nitrogen and oxygen atoms in total. The van der Waals surface area contributed by atoms with Gasteiger partial charge in [0.1, 0.15) is 5.75 Å². The molecule has 27 heavy (non-hydrogen) atoms. The summed E-state index contributed by atoms with van der Waals surface area (Å²) in [5, 5.41) is 9.57. The highest BCUT2D eigenvalue weighted by molar-refractivity contribution is 5.33. The Morgan fingerprint density at radius 2 is 1.96 bits per heavy atom. The van der Waals surface area contributed by atoms with Gasteiger partial charge in [0.05, 0.1) is 12.3 Å². The Kier molecular flexibility index (Phi) is 7.21. The van der Waals surface area contributed by atoms with E-state index in [9.17, 15) is 5.11 Å². The van der Waals surface area contributed by atoms with Gasteiger partial charge in [-0.15, -0.1) is 0 Å². The third-order valence-corrected chi connectivity index (χ3v) is 5.13. The molecular weight excluding hydrogens is 338 g/mol. The molecule has 0 amide bonds. The van der Waals surface area contributed by atoms with Gasteiger partial charge in [0, 0.05) is 56.6 Å². The third-order valence-electron chi connectivity index (χ3n) is 5.13. The summed E-state index contributed by atoms with van der Waals surface area (Å²) in [6.07, 6.45) is 0.786. The molecular formula is C22H31N3O2. The normalized spacial score (nSPS) is 18.6. The zero-order chi connectivity index (χ0) is 19.1. The number of aryl methyl sites for hydroxylation is 1. The van der Waals surface area contributed by atoms with Crippen molar-refractivity contribution < 1.29 is 9.84 Å². The number of hydrogen-bond donors (Lipinski definition) is 1. The zero-order valence-corrected chi connectivity index (χ0v) is 16.5. The van der Waals surface area contributed by atoms with E-state index >= 15 is 0 Å². The van der Waals surface area contributed by atoms with Crippen molar-refractivity contribution in [3.63, 3.8) is 0 Å². The van der Waals surface area contributed by atoms with Gasteiger partial charge < -0.3 is 9.84 Å².